The molecule has 0 bridgehead atoms. The highest BCUT2D eigenvalue weighted by Crippen LogP contribution is 2.25. The zero-order valence-corrected chi connectivity index (χ0v) is 14.0. The molecule has 1 amide bonds. The van der Waals surface area contributed by atoms with Crippen LogP contribution in [0.2, 0.25) is 10.0 Å². The van der Waals surface area contributed by atoms with Crippen LogP contribution in [-0.2, 0) is 9.53 Å². The fourth-order valence-corrected chi connectivity index (χ4v) is 2.28. The van der Waals surface area contributed by atoms with Crippen LogP contribution in [0.15, 0.2) is 42.5 Å². The molecule has 0 unspecified atom stereocenters. The number of anilines is 1. The molecule has 0 saturated carbocycles. The lowest BCUT2D eigenvalue weighted by molar-refractivity contribution is -0.119. The monoisotopic (exact) mass is 389 g/mol. The van der Waals surface area contributed by atoms with Crippen molar-refractivity contribution in [1.82, 2.24) is 0 Å². The van der Waals surface area contributed by atoms with Crippen LogP contribution in [0, 0.1) is 0 Å². The van der Waals surface area contributed by atoms with Crippen molar-refractivity contribution in [3.63, 3.8) is 0 Å². The van der Waals surface area contributed by atoms with Gasteiger partial charge >= 0.3 is 12.6 Å². The average molecular weight is 390 g/mol. The summed E-state index contributed by atoms with van der Waals surface area (Å²) in [6, 6.07) is 9.74. The highest BCUT2D eigenvalue weighted by Gasteiger charge is 2.18. The van der Waals surface area contributed by atoms with Crippen LogP contribution in [0.5, 0.6) is 5.75 Å². The summed E-state index contributed by atoms with van der Waals surface area (Å²) in [6.07, 6.45) is 0. The van der Waals surface area contributed by atoms with Crippen molar-refractivity contribution in [3.8, 4) is 5.75 Å². The predicted molar refractivity (Wildman–Crippen MR) is 88.4 cm³/mol. The molecule has 0 spiro atoms. The first-order valence-corrected chi connectivity index (χ1v) is 7.58. The number of ether oxygens (including phenoxy) is 2. The largest absolute Gasteiger partial charge is 0.452 e. The highest BCUT2D eigenvalue weighted by molar-refractivity contribution is 6.36. The third kappa shape index (κ3) is 5.58. The Kier molecular flexibility index (Phi) is 6.55. The number of halogens is 4. The molecule has 0 aliphatic heterocycles. The topological polar surface area (TPSA) is 64.6 Å². The number of rotatable bonds is 6. The van der Waals surface area contributed by atoms with E-state index in [0.717, 1.165) is 0 Å². The Morgan fingerprint density at radius 2 is 1.84 bits per heavy atom. The fourth-order valence-electron chi connectivity index (χ4n) is 1.82. The Bertz CT molecular complexity index is 786. The third-order valence-electron chi connectivity index (χ3n) is 2.86. The summed E-state index contributed by atoms with van der Waals surface area (Å²) in [4.78, 5) is 23.8. The molecule has 0 radical (unpaired) electrons. The van der Waals surface area contributed by atoms with Gasteiger partial charge in [-0.15, -0.1) is 0 Å². The van der Waals surface area contributed by atoms with E-state index in [0.29, 0.717) is 5.02 Å². The lowest BCUT2D eigenvalue weighted by Crippen LogP contribution is -2.21. The van der Waals surface area contributed by atoms with Gasteiger partial charge in [-0.3, -0.25) is 4.79 Å². The molecule has 132 valence electrons. The predicted octanol–water partition coefficient (Wildman–Crippen LogP) is 4.39. The summed E-state index contributed by atoms with van der Waals surface area (Å²) in [5.74, 6) is -1.98. The van der Waals surface area contributed by atoms with E-state index in [1.807, 2.05) is 0 Å². The number of para-hydroxylation sites is 1. The Labute approximate surface area is 151 Å². The molecule has 0 atom stereocenters. The molecule has 9 heteroatoms. The molecule has 0 fully saturated rings. The molecule has 0 aliphatic carbocycles. The Morgan fingerprint density at radius 1 is 1.12 bits per heavy atom. The van der Waals surface area contributed by atoms with Crippen molar-refractivity contribution >= 4 is 40.8 Å². The SMILES string of the molecule is O=C(COC(=O)c1ccccc1OC(F)F)Nc1ccc(Cl)cc1Cl. The molecule has 25 heavy (non-hydrogen) atoms. The van der Waals surface area contributed by atoms with E-state index in [4.69, 9.17) is 27.9 Å². The quantitative estimate of drug-likeness (QED) is 0.744. The van der Waals surface area contributed by atoms with Gasteiger partial charge in [0.05, 0.1) is 10.7 Å². The van der Waals surface area contributed by atoms with Crippen molar-refractivity contribution in [2.24, 2.45) is 0 Å². The van der Waals surface area contributed by atoms with Crippen LogP contribution < -0.4 is 10.1 Å². The van der Waals surface area contributed by atoms with Gasteiger partial charge in [-0.25, -0.2) is 4.79 Å². The van der Waals surface area contributed by atoms with Crippen LogP contribution >= 0.6 is 23.2 Å². The molecule has 5 nitrogen and oxygen atoms in total. The van der Waals surface area contributed by atoms with E-state index in [1.54, 1.807) is 0 Å². The molecule has 0 aliphatic rings. The van der Waals surface area contributed by atoms with E-state index in [-0.39, 0.29) is 22.0 Å². The Balaban J connectivity index is 1.97. The van der Waals surface area contributed by atoms with Crippen molar-refractivity contribution in [3.05, 3.63) is 58.1 Å². The van der Waals surface area contributed by atoms with Gasteiger partial charge < -0.3 is 14.8 Å². The number of carbonyl (C=O) groups excluding carboxylic acids is 2. The van der Waals surface area contributed by atoms with Gasteiger partial charge in [-0.2, -0.15) is 8.78 Å². The molecule has 0 aromatic heterocycles. The number of esters is 1. The summed E-state index contributed by atoms with van der Waals surface area (Å²) in [5, 5.41) is 3.04. The number of benzene rings is 2. The minimum atomic E-state index is -3.09. The Morgan fingerprint density at radius 3 is 2.52 bits per heavy atom. The van der Waals surface area contributed by atoms with Crippen LogP contribution in [0.1, 0.15) is 10.4 Å². The lowest BCUT2D eigenvalue weighted by atomic mass is 10.2. The molecule has 2 rings (SSSR count). The maximum atomic E-state index is 12.3. The molecular weight excluding hydrogens is 379 g/mol. The van der Waals surface area contributed by atoms with Gasteiger partial charge in [-0.1, -0.05) is 35.3 Å². The summed E-state index contributed by atoms with van der Waals surface area (Å²) >= 11 is 11.7. The number of hydrogen-bond donors (Lipinski definition) is 1. The van der Waals surface area contributed by atoms with Gasteiger partial charge in [0.2, 0.25) is 0 Å². The lowest BCUT2D eigenvalue weighted by Gasteiger charge is -2.11. The zero-order chi connectivity index (χ0) is 18.4. The standard InChI is InChI=1S/C16H11Cl2F2NO4/c17-9-5-6-12(11(18)7-9)21-14(22)8-24-15(23)10-3-1-2-4-13(10)25-16(19)20/h1-7,16H,8H2,(H,21,22). The van der Waals surface area contributed by atoms with Gasteiger partial charge in [0.15, 0.2) is 6.61 Å². The van der Waals surface area contributed by atoms with Gasteiger partial charge in [0.1, 0.15) is 11.3 Å². The summed E-state index contributed by atoms with van der Waals surface area (Å²) in [6.45, 7) is -3.73. The number of carbonyl (C=O) groups is 2. The van der Waals surface area contributed by atoms with Gasteiger partial charge in [-0.05, 0) is 30.3 Å². The van der Waals surface area contributed by atoms with Crippen LogP contribution in [-0.4, -0.2) is 25.1 Å². The second kappa shape index (κ2) is 8.64. The van der Waals surface area contributed by atoms with Crippen LogP contribution in [0.3, 0.4) is 0 Å². The Hall–Kier alpha value is -2.38. The van der Waals surface area contributed by atoms with E-state index >= 15 is 0 Å². The molecule has 0 heterocycles. The molecule has 1 N–H and O–H groups in total. The third-order valence-corrected chi connectivity index (χ3v) is 3.41. The second-order valence-corrected chi connectivity index (χ2v) is 5.47. The maximum Gasteiger partial charge on any atom is 0.387 e. The fraction of sp³-hybridized carbons (Fsp3) is 0.125. The molecule has 2 aromatic carbocycles. The smallest absolute Gasteiger partial charge is 0.387 e. The highest BCUT2D eigenvalue weighted by atomic mass is 35.5. The van der Waals surface area contributed by atoms with Crippen molar-refractivity contribution in [1.29, 1.82) is 0 Å². The number of amides is 1. The van der Waals surface area contributed by atoms with Gasteiger partial charge in [0.25, 0.3) is 5.91 Å². The first kappa shape index (κ1) is 19.0. The number of nitrogens with one attached hydrogen (secondary N) is 1. The van der Waals surface area contributed by atoms with Crippen LogP contribution in [0.4, 0.5) is 14.5 Å². The average Bonchev–Trinajstić information content (AvgIpc) is 2.55. The normalized spacial score (nSPS) is 10.4. The molecular formula is C16H11Cl2F2NO4. The van der Waals surface area contributed by atoms with Crippen LogP contribution in [0.25, 0.3) is 0 Å². The first-order valence-electron chi connectivity index (χ1n) is 6.82. The molecule has 2 aromatic rings. The first-order chi connectivity index (χ1) is 11.9. The van der Waals surface area contributed by atoms with Crippen molar-refractivity contribution in [2.45, 2.75) is 6.61 Å². The minimum absolute atomic E-state index is 0.211. The van der Waals surface area contributed by atoms with Crippen molar-refractivity contribution in [2.75, 3.05) is 11.9 Å². The van der Waals surface area contributed by atoms with E-state index in [2.05, 4.69) is 10.1 Å². The van der Waals surface area contributed by atoms with Gasteiger partial charge in [0, 0.05) is 5.02 Å². The van der Waals surface area contributed by atoms with E-state index in [1.165, 1.54) is 42.5 Å². The molecule has 0 saturated heterocycles. The summed E-state index contributed by atoms with van der Waals surface area (Å²) in [5.41, 5.74) is 0.0636. The van der Waals surface area contributed by atoms with E-state index < -0.39 is 25.1 Å². The van der Waals surface area contributed by atoms with E-state index in [9.17, 15) is 18.4 Å². The number of hydrogen-bond acceptors (Lipinski definition) is 4. The zero-order valence-electron chi connectivity index (χ0n) is 12.5. The maximum absolute atomic E-state index is 12.3. The summed E-state index contributed by atoms with van der Waals surface area (Å²) < 4.78 is 33.7. The number of alkyl halides is 2. The second-order valence-electron chi connectivity index (χ2n) is 4.62. The van der Waals surface area contributed by atoms with Crippen molar-refractivity contribution < 1.29 is 27.8 Å². The summed E-state index contributed by atoms with van der Waals surface area (Å²) in [7, 11) is 0. The minimum Gasteiger partial charge on any atom is -0.452 e.